The molecule has 0 saturated carbocycles. The summed E-state index contributed by atoms with van der Waals surface area (Å²) < 4.78 is 48.3. The number of unbranched alkanes of at least 4 members (excludes halogenated alkanes) is 1. The molecular formula is C26H39NO9S. The lowest BCUT2D eigenvalue weighted by atomic mass is 9.96. The normalized spacial score (nSPS) is 12.7. The second-order valence-electron chi connectivity index (χ2n) is 8.17. The smallest absolute Gasteiger partial charge is 0.307 e. The molecule has 0 heterocycles. The molecule has 2 aromatic rings. The second-order valence-corrected chi connectivity index (χ2v) is 10.3. The highest BCUT2D eigenvalue weighted by Crippen LogP contribution is 2.34. The number of carbonyl (C=O) groups is 1. The molecule has 2 unspecified atom stereocenters. The maximum absolute atomic E-state index is 13.7. The Morgan fingerprint density at radius 1 is 0.892 bits per heavy atom. The summed E-state index contributed by atoms with van der Waals surface area (Å²) in [4.78, 5) is 12.2. The zero-order chi connectivity index (χ0) is 27.7. The van der Waals surface area contributed by atoms with Crippen molar-refractivity contribution in [3.05, 3.63) is 54.1 Å². The molecule has 0 aliphatic heterocycles. The van der Waals surface area contributed by atoms with E-state index in [9.17, 15) is 18.3 Å². The number of benzene rings is 2. The van der Waals surface area contributed by atoms with E-state index >= 15 is 0 Å². The molecule has 0 amide bonds. The van der Waals surface area contributed by atoms with E-state index in [0.29, 0.717) is 25.4 Å². The van der Waals surface area contributed by atoms with Crippen molar-refractivity contribution < 1.29 is 42.5 Å². The Balaban J connectivity index is 0.00000334. The van der Waals surface area contributed by atoms with Crippen LogP contribution in [-0.4, -0.2) is 71.1 Å². The average Bonchev–Trinajstić information content (AvgIpc) is 2.92. The van der Waals surface area contributed by atoms with Gasteiger partial charge in [-0.1, -0.05) is 36.8 Å². The summed E-state index contributed by atoms with van der Waals surface area (Å²) in [6.07, 6.45) is 2.41. The van der Waals surface area contributed by atoms with Gasteiger partial charge < -0.3 is 29.3 Å². The van der Waals surface area contributed by atoms with Crippen molar-refractivity contribution in [2.45, 2.75) is 42.2 Å². The fourth-order valence-electron chi connectivity index (χ4n) is 3.98. The van der Waals surface area contributed by atoms with Crippen LogP contribution < -0.4 is 15.4 Å². The molecule has 37 heavy (non-hydrogen) atoms. The Labute approximate surface area is 219 Å². The number of sulfone groups is 1. The van der Waals surface area contributed by atoms with E-state index in [1.807, 2.05) is 30.3 Å². The molecule has 0 bridgehead atoms. The van der Waals surface area contributed by atoms with Crippen molar-refractivity contribution in [1.29, 1.82) is 0 Å². The van der Waals surface area contributed by atoms with Crippen molar-refractivity contribution in [2.24, 2.45) is 11.8 Å². The molecule has 208 valence electrons. The van der Waals surface area contributed by atoms with Crippen molar-refractivity contribution in [2.75, 3.05) is 41.2 Å². The van der Waals surface area contributed by atoms with Crippen molar-refractivity contribution in [1.82, 2.24) is 0 Å². The van der Waals surface area contributed by atoms with Crippen LogP contribution in [0.2, 0.25) is 0 Å². The van der Waals surface area contributed by atoms with E-state index in [4.69, 9.17) is 24.2 Å². The monoisotopic (exact) mass is 541 g/mol. The summed E-state index contributed by atoms with van der Waals surface area (Å²) >= 11 is 0. The first-order valence-corrected chi connectivity index (χ1v) is 13.4. The van der Waals surface area contributed by atoms with E-state index < -0.39 is 27.0 Å². The molecule has 2 atom stereocenters. The molecule has 0 aromatic heterocycles. The molecule has 0 spiro atoms. The summed E-state index contributed by atoms with van der Waals surface area (Å²) in [7, 11) is 0.441. The van der Waals surface area contributed by atoms with Gasteiger partial charge in [-0.3, -0.25) is 4.79 Å². The number of aryl methyl sites for hydroxylation is 1. The lowest BCUT2D eigenvalue weighted by Crippen LogP contribution is -2.36. The molecule has 0 aliphatic rings. The van der Waals surface area contributed by atoms with E-state index in [0.717, 1.165) is 18.4 Å². The van der Waals surface area contributed by atoms with Gasteiger partial charge >= 0.3 is 5.97 Å². The number of ether oxygens (including phenoxy) is 4. The third-order valence-corrected chi connectivity index (χ3v) is 8.17. The van der Waals surface area contributed by atoms with Crippen LogP contribution in [0.5, 0.6) is 11.5 Å². The van der Waals surface area contributed by atoms with Gasteiger partial charge in [0, 0.05) is 19.8 Å². The number of hydrogen-bond donors (Lipinski definition) is 3. The predicted molar refractivity (Wildman–Crippen MR) is 139 cm³/mol. The molecule has 11 heteroatoms. The second kappa shape index (κ2) is 17.7. The molecule has 0 saturated heterocycles. The first kappa shape index (κ1) is 32.3. The van der Waals surface area contributed by atoms with Crippen molar-refractivity contribution >= 4 is 15.8 Å². The van der Waals surface area contributed by atoms with E-state index in [1.54, 1.807) is 7.11 Å². The minimum Gasteiger partial charge on any atom is -0.493 e. The predicted octanol–water partition coefficient (Wildman–Crippen LogP) is 3.35. The summed E-state index contributed by atoms with van der Waals surface area (Å²) in [6.45, 7) is 0.819. The molecule has 2 rings (SSSR count). The summed E-state index contributed by atoms with van der Waals surface area (Å²) in [5, 5.41) is 15.4. The average molecular weight is 542 g/mol. The van der Waals surface area contributed by atoms with Gasteiger partial charge in [-0.25, -0.2) is 14.3 Å². The van der Waals surface area contributed by atoms with Crippen LogP contribution in [0.25, 0.3) is 0 Å². The minimum atomic E-state index is -3.99. The van der Waals surface area contributed by atoms with Crippen LogP contribution in [-0.2, 0) is 30.5 Å². The Morgan fingerprint density at radius 2 is 1.57 bits per heavy atom. The zero-order valence-corrected chi connectivity index (χ0v) is 22.5. The van der Waals surface area contributed by atoms with Gasteiger partial charge in [0.05, 0.1) is 43.5 Å². The lowest BCUT2D eigenvalue weighted by Gasteiger charge is -2.25. The Morgan fingerprint density at radius 3 is 2.16 bits per heavy atom. The van der Waals surface area contributed by atoms with Gasteiger partial charge in [-0.2, -0.15) is 0 Å². The fraction of sp³-hybridized carbons (Fsp3) is 0.500. The Bertz CT molecular complexity index is 1020. The van der Waals surface area contributed by atoms with Crippen LogP contribution >= 0.6 is 0 Å². The number of aliphatic carboxylic acids is 1. The molecular weight excluding hydrogens is 502 g/mol. The largest absolute Gasteiger partial charge is 0.493 e. The van der Waals surface area contributed by atoms with Gasteiger partial charge in [-0.15, -0.1) is 0 Å². The number of hydrogen-bond acceptors (Lipinski definition) is 9. The van der Waals surface area contributed by atoms with E-state index in [1.165, 1.54) is 32.4 Å². The number of methoxy groups -OCH3 is 3. The third kappa shape index (κ3) is 10.3. The van der Waals surface area contributed by atoms with Crippen LogP contribution in [0.1, 0.15) is 31.2 Å². The minimum absolute atomic E-state index is 0.00904. The van der Waals surface area contributed by atoms with E-state index in [-0.39, 0.29) is 30.1 Å². The highest BCUT2D eigenvalue weighted by atomic mass is 32.2. The van der Waals surface area contributed by atoms with E-state index in [2.05, 4.69) is 5.90 Å². The SMILES string of the molecule is COCCOCCC(C(=O)O)C(CCCCc1ccccc1)S(=O)(=O)c1ccc(OC)c(OC)c1.NO. The van der Waals surface area contributed by atoms with Crippen molar-refractivity contribution in [3.8, 4) is 11.5 Å². The molecule has 4 N–H and O–H groups in total. The van der Waals surface area contributed by atoms with Crippen LogP contribution in [0.4, 0.5) is 0 Å². The quantitative estimate of drug-likeness (QED) is 0.201. The van der Waals surface area contributed by atoms with Crippen molar-refractivity contribution in [3.63, 3.8) is 0 Å². The molecule has 10 nitrogen and oxygen atoms in total. The maximum Gasteiger partial charge on any atom is 0.307 e. The molecule has 0 radical (unpaired) electrons. The highest BCUT2D eigenvalue weighted by Gasteiger charge is 2.38. The highest BCUT2D eigenvalue weighted by molar-refractivity contribution is 7.92. The van der Waals surface area contributed by atoms with Gasteiger partial charge in [0.1, 0.15) is 0 Å². The summed E-state index contributed by atoms with van der Waals surface area (Å²) in [5.41, 5.74) is 1.16. The Hall–Kier alpha value is -2.70. The lowest BCUT2D eigenvalue weighted by molar-refractivity contribution is -0.142. The fourth-order valence-corrected chi connectivity index (χ4v) is 6.02. The molecule has 2 aromatic carbocycles. The van der Waals surface area contributed by atoms with Crippen LogP contribution in [0.3, 0.4) is 0 Å². The van der Waals surface area contributed by atoms with Crippen LogP contribution in [0.15, 0.2) is 53.4 Å². The third-order valence-electron chi connectivity index (χ3n) is 5.90. The van der Waals surface area contributed by atoms with Gasteiger partial charge in [-0.05, 0) is 43.4 Å². The number of nitrogens with two attached hydrogens (primary N) is 1. The number of carboxylic acids is 1. The zero-order valence-electron chi connectivity index (χ0n) is 21.7. The number of rotatable bonds is 17. The summed E-state index contributed by atoms with van der Waals surface area (Å²) in [6, 6.07) is 14.3. The van der Waals surface area contributed by atoms with Crippen LogP contribution in [0, 0.1) is 5.92 Å². The standard InChI is InChI=1S/C26H36O8S.H3NO/c1-31-17-18-34-16-15-22(26(27)28)25(12-8-7-11-20-9-5-4-6-10-20)35(29,30)21-13-14-23(32-2)24(19-21)33-3;1-2/h4-6,9-10,13-14,19,22,25H,7-8,11-12,15-18H2,1-3H3,(H,27,28);2H,1H2. The molecule has 0 fully saturated rings. The van der Waals surface area contributed by atoms with Gasteiger partial charge in [0.15, 0.2) is 21.3 Å². The first-order valence-electron chi connectivity index (χ1n) is 11.9. The first-order chi connectivity index (χ1) is 17.8. The topological polar surface area (TPSA) is 155 Å². The molecule has 0 aliphatic carbocycles. The van der Waals surface area contributed by atoms with Gasteiger partial charge in [0.2, 0.25) is 0 Å². The maximum atomic E-state index is 13.7. The Kier molecular flexibility index (Phi) is 15.5. The summed E-state index contributed by atoms with van der Waals surface area (Å²) in [5.74, 6) is 1.89. The van der Waals surface area contributed by atoms with Gasteiger partial charge in [0.25, 0.3) is 0 Å². The number of carboxylic acid groups (broad SMARTS) is 1.